The highest BCUT2D eigenvalue weighted by atomic mass is 16.5. The van der Waals surface area contributed by atoms with Gasteiger partial charge in [-0.25, -0.2) is 4.79 Å². The summed E-state index contributed by atoms with van der Waals surface area (Å²) in [5.74, 6) is -0.225. The zero-order valence-electron chi connectivity index (χ0n) is 34.0. The molecule has 0 radical (unpaired) electrons. The van der Waals surface area contributed by atoms with Crippen molar-refractivity contribution in [3.05, 3.63) is 0 Å². The molecular formula is C44H86N2O4. The van der Waals surface area contributed by atoms with E-state index < -0.39 is 12.0 Å². The molecule has 0 aromatic rings. The van der Waals surface area contributed by atoms with Crippen molar-refractivity contribution >= 4 is 17.8 Å². The molecule has 296 valence electrons. The second kappa shape index (κ2) is 38.6. The highest BCUT2D eigenvalue weighted by Gasteiger charge is 2.23. The predicted octanol–water partition coefficient (Wildman–Crippen LogP) is 12.7. The molecule has 0 saturated heterocycles. The van der Waals surface area contributed by atoms with E-state index in [9.17, 15) is 14.4 Å². The second-order valence-electron chi connectivity index (χ2n) is 15.7. The Balaban J connectivity index is 4.04. The normalized spacial score (nSPS) is 11.9. The second-order valence-corrected chi connectivity index (χ2v) is 15.7. The molecule has 1 unspecified atom stereocenters. The van der Waals surface area contributed by atoms with Crippen molar-refractivity contribution in [3.63, 3.8) is 0 Å². The summed E-state index contributed by atoms with van der Waals surface area (Å²) in [5.41, 5.74) is 0. The molecule has 0 saturated carbocycles. The Morgan fingerprint density at radius 2 is 0.780 bits per heavy atom. The monoisotopic (exact) mass is 707 g/mol. The number of carbonyl (C=O) groups is 3. The Morgan fingerprint density at radius 1 is 0.460 bits per heavy atom. The average Bonchev–Trinajstić information content (AvgIpc) is 3.09. The number of hydrogen-bond donors (Lipinski definition) is 2. The minimum Gasteiger partial charge on any atom is -0.464 e. The van der Waals surface area contributed by atoms with Crippen molar-refractivity contribution in [2.75, 3.05) is 13.2 Å². The van der Waals surface area contributed by atoms with Crippen LogP contribution in [0.5, 0.6) is 0 Å². The Bertz CT molecular complexity index is 756. The molecule has 0 aliphatic heterocycles. The molecule has 50 heavy (non-hydrogen) atoms. The van der Waals surface area contributed by atoms with Crippen LogP contribution >= 0.6 is 0 Å². The summed E-state index contributed by atoms with van der Waals surface area (Å²) in [7, 11) is 0. The largest absolute Gasteiger partial charge is 0.464 e. The lowest BCUT2D eigenvalue weighted by molar-refractivity contribution is -0.148. The van der Waals surface area contributed by atoms with E-state index in [1.54, 1.807) is 0 Å². The summed E-state index contributed by atoms with van der Waals surface area (Å²) in [6, 6.07) is -0.837. The van der Waals surface area contributed by atoms with Crippen molar-refractivity contribution < 1.29 is 19.1 Å². The van der Waals surface area contributed by atoms with Crippen LogP contribution in [0, 0.1) is 5.92 Å². The van der Waals surface area contributed by atoms with Gasteiger partial charge in [0.25, 0.3) is 0 Å². The van der Waals surface area contributed by atoms with E-state index in [2.05, 4.69) is 38.3 Å². The van der Waals surface area contributed by atoms with Crippen LogP contribution in [0.1, 0.15) is 240 Å². The number of esters is 1. The molecule has 2 N–H and O–H groups in total. The molecule has 0 fully saturated rings. The lowest BCUT2D eigenvalue weighted by atomic mass is 10.0. The molecule has 0 bridgehead atoms. The molecule has 0 aliphatic rings. The molecule has 0 aromatic carbocycles. The van der Waals surface area contributed by atoms with Gasteiger partial charge in [0.15, 0.2) is 0 Å². The zero-order valence-corrected chi connectivity index (χ0v) is 34.0. The Kier molecular flexibility index (Phi) is 37.4. The van der Waals surface area contributed by atoms with Crippen molar-refractivity contribution in [2.24, 2.45) is 5.92 Å². The third-order valence-electron chi connectivity index (χ3n) is 10.1. The van der Waals surface area contributed by atoms with Crippen molar-refractivity contribution in [1.29, 1.82) is 0 Å². The van der Waals surface area contributed by atoms with Crippen LogP contribution in [0.4, 0.5) is 0 Å². The van der Waals surface area contributed by atoms with Gasteiger partial charge in [-0.05, 0) is 25.2 Å². The van der Waals surface area contributed by atoms with Crippen LogP contribution in [0.2, 0.25) is 0 Å². The molecular weight excluding hydrogens is 620 g/mol. The van der Waals surface area contributed by atoms with Gasteiger partial charge in [0.05, 0.1) is 6.61 Å². The van der Waals surface area contributed by atoms with Crippen LogP contribution in [-0.2, 0) is 19.1 Å². The molecule has 0 heterocycles. The number of carbonyl (C=O) groups excluding carboxylic acids is 3. The molecule has 0 aliphatic carbocycles. The summed E-state index contributed by atoms with van der Waals surface area (Å²) >= 11 is 0. The maximum Gasteiger partial charge on any atom is 0.330 e. The molecule has 6 nitrogen and oxygen atoms in total. The Morgan fingerprint density at radius 3 is 1.12 bits per heavy atom. The third-order valence-corrected chi connectivity index (χ3v) is 10.1. The number of nitrogens with one attached hydrogen (secondary N) is 2. The summed E-state index contributed by atoms with van der Waals surface area (Å²) < 4.78 is 5.46. The fourth-order valence-corrected chi connectivity index (χ4v) is 6.57. The van der Waals surface area contributed by atoms with E-state index >= 15 is 0 Å². The van der Waals surface area contributed by atoms with Gasteiger partial charge < -0.3 is 15.4 Å². The number of amides is 2. The first kappa shape index (κ1) is 48.4. The summed E-state index contributed by atoms with van der Waals surface area (Å²) in [6.45, 7) is 9.13. The fourth-order valence-electron chi connectivity index (χ4n) is 6.57. The van der Waals surface area contributed by atoms with Gasteiger partial charge in [0, 0.05) is 19.4 Å². The third kappa shape index (κ3) is 36.2. The fraction of sp³-hybridized carbons (Fsp3) is 0.932. The number of hydrogen-bond acceptors (Lipinski definition) is 4. The van der Waals surface area contributed by atoms with Crippen LogP contribution in [-0.4, -0.2) is 37.0 Å². The van der Waals surface area contributed by atoms with E-state index in [1.165, 1.54) is 161 Å². The minimum atomic E-state index is -0.837. The van der Waals surface area contributed by atoms with E-state index in [0.29, 0.717) is 25.4 Å². The predicted molar refractivity (Wildman–Crippen MR) is 214 cm³/mol. The summed E-state index contributed by atoms with van der Waals surface area (Å²) in [6.07, 6.45) is 40.3. The molecule has 0 spiro atoms. The highest BCUT2D eigenvalue weighted by Crippen LogP contribution is 2.15. The van der Waals surface area contributed by atoms with E-state index in [0.717, 1.165) is 38.5 Å². The maximum absolute atomic E-state index is 12.8. The summed E-state index contributed by atoms with van der Waals surface area (Å²) in [4.78, 5) is 38.1. The van der Waals surface area contributed by atoms with Gasteiger partial charge in [-0.1, -0.05) is 207 Å². The van der Waals surface area contributed by atoms with Gasteiger partial charge >= 0.3 is 5.97 Å². The number of rotatable bonds is 39. The van der Waals surface area contributed by atoms with Crippen LogP contribution in [0.3, 0.4) is 0 Å². The van der Waals surface area contributed by atoms with Crippen molar-refractivity contribution in [1.82, 2.24) is 10.6 Å². The van der Waals surface area contributed by atoms with Gasteiger partial charge in [0.2, 0.25) is 11.8 Å². The van der Waals surface area contributed by atoms with E-state index in [4.69, 9.17) is 4.74 Å². The maximum atomic E-state index is 12.8. The SMILES string of the molecule is CCCCCCCCCCCCCCCCCC(=O)NCC(NC(=O)CCCCCCCCCCCCCCCCC)C(=O)OCCC(C)C. The first-order valence-electron chi connectivity index (χ1n) is 22.1. The van der Waals surface area contributed by atoms with Crippen molar-refractivity contribution in [2.45, 2.75) is 246 Å². The standard InChI is InChI=1S/C44H86N2O4/c1-5-7-9-11-13-15-17-19-21-23-25-27-29-31-33-35-42(47)45-39-41(44(49)50-38-37-40(3)4)46-43(48)36-34-32-30-28-26-24-22-20-18-16-14-12-10-8-6-2/h40-41H,5-39H2,1-4H3,(H,45,47)(H,46,48). The highest BCUT2D eigenvalue weighted by molar-refractivity contribution is 5.85. The van der Waals surface area contributed by atoms with Crippen LogP contribution in [0.25, 0.3) is 0 Å². The minimum absolute atomic E-state index is 0.0590. The lowest BCUT2D eigenvalue weighted by Gasteiger charge is -2.19. The molecule has 0 rings (SSSR count). The van der Waals surface area contributed by atoms with Gasteiger partial charge in [-0.2, -0.15) is 0 Å². The smallest absolute Gasteiger partial charge is 0.330 e. The Labute approximate surface area is 311 Å². The topological polar surface area (TPSA) is 84.5 Å². The number of unbranched alkanes of at least 4 members (excludes halogenated alkanes) is 28. The zero-order chi connectivity index (χ0) is 36.8. The lowest BCUT2D eigenvalue weighted by Crippen LogP contribution is -2.49. The molecule has 2 amide bonds. The number of ether oxygens (including phenoxy) is 1. The molecule has 1 atom stereocenters. The summed E-state index contributed by atoms with van der Waals surface area (Å²) in [5, 5.41) is 5.74. The first-order valence-corrected chi connectivity index (χ1v) is 22.1. The van der Waals surface area contributed by atoms with Crippen molar-refractivity contribution in [3.8, 4) is 0 Å². The van der Waals surface area contributed by atoms with Gasteiger partial charge in [-0.3, -0.25) is 9.59 Å². The Hall–Kier alpha value is -1.59. The molecule has 0 aromatic heterocycles. The first-order chi connectivity index (χ1) is 24.4. The molecule has 6 heteroatoms. The van der Waals surface area contributed by atoms with Crippen LogP contribution in [0.15, 0.2) is 0 Å². The quantitative estimate of drug-likeness (QED) is 0.0492. The van der Waals surface area contributed by atoms with E-state index in [-0.39, 0.29) is 18.4 Å². The van der Waals surface area contributed by atoms with Gasteiger partial charge in [-0.15, -0.1) is 0 Å². The van der Waals surface area contributed by atoms with Gasteiger partial charge in [0.1, 0.15) is 6.04 Å². The average molecular weight is 707 g/mol. The van der Waals surface area contributed by atoms with Crippen LogP contribution < -0.4 is 10.6 Å². The van der Waals surface area contributed by atoms with E-state index in [1.807, 2.05) is 0 Å².